The summed E-state index contributed by atoms with van der Waals surface area (Å²) in [5.74, 6) is 0.385. The summed E-state index contributed by atoms with van der Waals surface area (Å²) in [6, 6.07) is 11.4. The fourth-order valence-electron chi connectivity index (χ4n) is 3.44. The lowest BCUT2D eigenvalue weighted by Crippen LogP contribution is -2.34. The normalized spacial score (nSPS) is 13.5. The van der Waals surface area contributed by atoms with E-state index >= 15 is 0 Å². The second-order valence-corrected chi connectivity index (χ2v) is 6.46. The lowest BCUT2D eigenvalue weighted by Gasteiger charge is -2.19. The maximum atomic E-state index is 12.8. The van der Waals surface area contributed by atoms with Crippen LogP contribution in [0.2, 0.25) is 0 Å². The van der Waals surface area contributed by atoms with Crippen LogP contribution < -0.4 is 5.32 Å². The minimum Gasteiger partial charge on any atom is -0.354 e. The molecule has 3 heterocycles. The van der Waals surface area contributed by atoms with Crippen LogP contribution in [0.3, 0.4) is 0 Å². The molecule has 0 unspecified atom stereocenters. The molecule has 0 aliphatic carbocycles. The number of hydrogen-bond acceptors (Lipinski definition) is 5. The van der Waals surface area contributed by atoms with Crippen LogP contribution in [-0.2, 0) is 13.0 Å². The Morgan fingerprint density at radius 2 is 1.89 bits per heavy atom. The molecular weight excluding hydrogens is 356 g/mol. The van der Waals surface area contributed by atoms with Crippen molar-refractivity contribution in [2.75, 3.05) is 20.1 Å². The van der Waals surface area contributed by atoms with Gasteiger partial charge in [-0.1, -0.05) is 30.3 Å². The molecule has 2 amide bonds. The van der Waals surface area contributed by atoms with Gasteiger partial charge in [-0.2, -0.15) is 0 Å². The van der Waals surface area contributed by atoms with Crippen molar-refractivity contribution in [1.82, 2.24) is 29.7 Å². The smallest absolute Gasteiger partial charge is 0.272 e. The Hall–Kier alpha value is -3.55. The van der Waals surface area contributed by atoms with Crippen molar-refractivity contribution < 1.29 is 9.59 Å². The van der Waals surface area contributed by atoms with Gasteiger partial charge in [0.2, 0.25) is 0 Å². The lowest BCUT2D eigenvalue weighted by atomic mass is 10.2. The SMILES string of the molecule is CNC(=O)c1nc(-c2ccccc2)n2c1CCN(C(=O)c1ccncn1)CC2. The Labute approximate surface area is 162 Å². The molecule has 1 N–H and O–H groups in total. The maximum absolute atomic E-state index is 12.8. The number of rotatable bonds is 3. The van der Waals surface area contributed by atoms with Crippen LogP contribution in [0, 0.1) is 0 Å². The first-order chi connectivity index (χ1) is 13.7. The highest BCUT2D eigenvalue weighted by Crippen LogP contribution is 2.25. The average Bonchev–Trinajstić information content (AvgIpc) is 2.98. The Morgan fingerprint density at radius 1 is 1.07 bits per heavy atom. The molecule has 8 nitrogen and oxygen atoms in total. The number of fused-ring (bicyclic) bond motifs is 1. The summed E-state index contributed by atoms with van der Waals surface area (Å²) in [5.41, 5.74) is 2.57. The fourth-order valence-corrected chi connectivity index (χ4v) is 3.44. The number of amides is 2. The van der Waals surface area contributed by atoms with Crippen LogP contribution in [0.1, 0.15) is 26.7 Å². The van der Waals surface area contributed by atoms with Crippen molar-refractivity contribution in [3.05, 3.63) is 66.0 Å². The van der Waals surface area contributed by atoms with E-state index in [0.29, 0.717) is 37.4 Å². The quantitative estimate of drug-likeness (QED) is 0.746. The first-order valence-corrected chi connectivity index (χ1v) is 9.11. The Kier molecular flexibility index (Phi) is 4.84. The van der Waals surface area contributed by atoms with Crippen LogP contribution in [0.5, 0.6) is 0 Å². The molecule has 1 aliphatic rings. The van der Waals surface area contributed by atoms with Gasteiger partial charge in [0.1, 0.15) is 23.5 Å². The lowest BCUT2D eigenvalue weighted by molar-refractivity contribution is 0.0753. The van der Waals surface area contributed by atoms with E-state index in [-0.39, 0.29) is 11.8 Å². The summed E-state index contributed by atoms with van der Waals surface area (Å²) in [7, 11) is 1.60. The van der Waals surface area contributed by atoms with Gasteiger partial charge in [-0.25, -0.2) is 15.0 Å². The van der Waals surface area contributed by atoms with Gasteiger partial charge in [-0.05, 0) is 6.07 Å². The van der Waals surface area contributed by atoms with Crippen LogP contribution in [0.25, 0.3) is 11.4 Å². The molecule has 2 aromatic heterocycles. The molecule has 0 atom stereocenters. The highest BCUT2D eigenvalue weighted by molar-refractivity contribution is 5.94. The summed E-state index contributed by atoms with van der Waals surface area (Å²) in [4.78, 5) is 39.5. The number of nitrogens with one attached hydrogen (secondary N) is 1. The van der Waals surface area contributed by atoms with Crippen LogP contribution >= 0.6 is 0 Å². The molecule has 8 heteroatoms. The molecular formula is C20H20N6O2. The van der Waals surface area contributed by atoms with E-state index in [2.05, 4.69) is 20.3 Å². The van der Waals surface area contributed by atoms with E-state index in [9.17, 15) is 9.59 Å². The highest BCUT2D eigenvalue weighted by atomic mass is 16.2. The van der Waals surface area contributed by atoms with E-state index in [1.807, 2.05) is 34.9 Å². The zero-order valence-electron chi connectivity index (χ0n) is 15.5. The van der Waals surface area contributed by atoms with E-state index in [1.165, 1.54) is 6.33 Å². The van der Waals surface area contributed by atoms with Crippen molar-refractivity contribution in [2.24, 2.45) is 0 Å². The van der Waals surface area contributed by atoms with Gasteiger partial charge in [0.15, 0.2) is 0 Å². The molecule has 0 saturated heterocycles. The van der Waals surface area contributed by atoms with E-state index < -0.39 is 0 Å². The Bertz CT molecular complexity index is 1000. The molecule has 28 heavy (non-hydrogen) atoms. The fraction of sp³-hybridized carbons (Fsp3) is 0.250. The molecule has 4 rings (SSSR count). The molecule has 0 bridgehead atoms. The monoisotopic (exact) mass is 376 g/mol. The van der Waals surface area contributed by atoms with Crippen LogP contribution in [0.15, 0.2) is 48.9 Å². The molecule has 0 fully saturated rings. The van der Waals surface area contributed by atoms with Crippen LogP contribution in [-0.4, -0.2) is 56.4 Å². The van der Waals surface area contributed by atoms with Crippen molar-refractivity contribution in [3.8, 4) is 11.4 Å². The number of aromatic nitrogens is 4. The second-order valence-electron chi connectivity index (χ2n) is 6.46. The summed E-state index contributed by atoms with van der Waals surface area (Å²) in [6.07, 6.45) is 3.47. The van der Waals surface area contributed by atoms with Gasteiger partial charge >= 0.3 is 0 Å². The number of carbonyl (C=O) groups excluding carboxylic acids is 2. The number of nitrogens with zero attached hydrogens (tertiary/aromatic N) is 5. The zero-order chi connectivity index (χ0) is 19.5. The van der Waals surface area contributed by atoms with Crippen molar-refractivity contribution >= 4 is 11.8 Å². The minimum absolute atomic E-state index is 0.135. The van der Waals surface area contributed by atoms with Gasteiger partial charge in [0, 0.05) is 44.9 Å². The third kappa shape index (κ3) is 3.24. The molecule has 0 spiro atoms. The van der Waals surface area contributed by atoms with E-state index in [0.717, 1.165) is 17.1 Å². The van der Waals surface area contributed by atoms with Crippen molar-refractivity contribution in [2.45, 2.75) is 13.0 Å². The highest BCUT2D eigenvalue weighted by Gasteiger charge is 2.27. The second kappa shape index (κ2) is 7.59. The first kappa shape index (κ1) is 17.8. The van der Waals surface area contributed by atoms with Crippen molar-refractivity contribution in [1.29, 1.82) is 0 Å². The number of benzene rings is 1. The van der Waals surface area contributed by atoms with Gasteiger partial charge in [0.25, 0.3) is 11.8 Å². The molecule has 142 valence electrons. The maximum Gasteiger partial charge on any atom is 0.272 e. The molecule has 1 aliphatic heterocycles. The molecule has 3 aromatic rings. The van der Waals surface area contributed by atoms with Gasteiger partial charge in [0.05, 0.1) is 5.69 Å². The summed E-state index contributed by atoms with van der Waals surface area (Å²) in [6.45, 7) is 1.56. The van der Waals surface area contributed by atoms with E-state index in [4.69, 9.17) is 0 Å². The third-order valence-electron chi connectivity index (χ3n) is 4.85. The molecule has 1 aromatic carbocycles. The largest absolute Gasteiger partial charge is 0.354 e. The summed E-state index contributed by atoms with van der Waals surface area (Å²) >= 11 is 0. The van der Waals surface area contributed by atoms with Crippen LogP contribution in [0.4, 0.5) is 0 Å². The number of hydrogen-bond donors (Lipinski definition) is 1. The predicted molar refractivity (Wildman–Crippen MR) is 103 cm³/mol. The number of imidazole rings is 1. The summed E-state index contributed by atoms with van der Waals surface area (Å²) in [5, 5.41) is 2.66. The summed E-state index contributed by atoms with van der Waals surface area (Å²) < 4.78 is 2.05. The Balaban J connectivity index is 1.69. The minimum atomic E-state index is -0.221. The van der Waals surface area contributed by atoms with Gasteiger partial charge in [-0.3, -0.25) is 9.59 Å². The Morgan fingerprint density at radius 3 is 2.61 bits per heavy atom. The third-order valence-corrected chi connectivity index (χ3v) is 4.85. The zero-order valence-corrected chi connectivity index (χ0v) is 15.5. The first-order valence-electron chi connectivity index (χ1n) is 9.11. The van der Waals surface area contributed by atoms with E-state index in [1.54, 1.807) is 24.2 Å². The predicted octanol–water partition coefficient (Wildman–Crippen LogP) is 1.40. The van der Waals surface area contributed by atoms with Crippen molar-refractivity contribution in [3.63, 3.8) is 0 Å². The van der Waals surface area contributed by atoms with Gasteiger partial charge in [-0.15, -0.1) is 0 Å². The average molecular weight is 376 g/mol. The van der Waals surface area contributed by atoms with Gasteiger partial charge < -0.3 is 14.8 Å². The number of carbonyl (C=O) groups is 2. The topological polar surface area (TPSA) is 93.0 Å². The molecule has 0 radical (unpaired) electrons. The standard InChI is InChI=1S/C20H20N6O2/c1-21-19(27)17-16-8-10-25(20(28)15-7-9-22-13-23-15)11-12-26(16)18(24-17)14-5-3-2-4-6-14/h2-7,9,13H,8,10-12H2,1H3,(H,21,27). The molecule has 0 saturated carbocycles.